The Hall–Kier alpha value is -1.99. The second-order valence-electron chi connectivity index (χ2n) is 9.79. The van der Waals surface area contributed by atoms with Crippen LogP contribution in [0.3, 0.4) is 0 Å². The fourth-order valence-corrected chi connectivity index (χ4v) is 4.18. The Bertz CT molecular complexity index is 881. The zero-order chi connectivity index (χ0) is 29.2. The first-order valence-corrected chi connectivity index (χ1v) is 14.1. The van der Waals surface area contributed by atoms with Gasteiger partial charge in [-0.15, -0.1) is 0 Å². The van der Waals surface area contributed by atoms with Crippen molar-refractivity contribution in [3.63, 3.8) is 0 Å². The van der Waals surface area contributed by atoms with Crippen LogP contribution in [0.4, 0.5) is 0 Å². The van der Waals surface area contributed by atoms with Crippen LogP contribution in [-0.4, -0.2) is 116 Å². The molecule has 0 spiro atoms. The number of methoxy groups -OCH3 is 1. The Morgan fingerprint density at radius 1 is 0.750 bits per heavy atom. The molecule has 1 heterocycles. The molecule has 2 rings (SSSR count). The van der Waals surface area contributed by atoms with E-state index >= 15 is 0 Å². The van der Waals surface area contributed by atoms with E-state index in [4.69, 9.17) is 37.9 Å². The Labute approximate surface area is 238 Å². The fraction of sp³-hybridized carbons (Fsp3) is 0.759. The summed E-state index contributed by atoms with van der Waals surface area (Å²) in [5.74, 6) is 0.849. The average molecular weight is 572 g/mol. The largest absolute Gasteiger partial charge is 0.507 e. The molecule has 2 N–H and O–H groups in total. The van der Waals surface area contributed by atoms with Crippen LogP contribution >= 0.6 is 0 Å². The minimum atomic E-state index is -0.963. The summed E-state index contributed by atoms with van der Waals surface area (Å²) < 4.78 is 43.7. The Morgan fingerprint density at radius 3 is 1.68 bits per heavy atom. The monoisotopic (exact) mass is 571 g/mol. The minimum absolute atomic E-state index is 0.169. The maximum atomic E-state index is 12.9. The third-order valence-electron chi connectivity index (χ3n) is 6.82. The zero-order valence-corrected chi connectivity index (χ0v) is 24.9. The number of carbonyl (C=O) groups is 1. The predicted octanol–water partition coefficient (Wildman–Crippen LogP) is 2.26. The number of ether oxygens (including phenoxy) is 8. The van der Waals surface area contributed by atoms with E-state index < -0.39 is 5.60 Å². The minimum Gasteiger partial charge on any atom is -0.507 e. The molecular weight excluding hydrogens is 522 g/mol. The molecule has 1 atom stereocenters. The summed E-state index contributed by atoms with van der Waals surface area (Å²) in [5, 5.41) is 13.3. The molecule has 0 fully saturated rings. The Kier molecular flexibility index (Phi) is 16.4. The molecule has 0 saturated heterocycles. The topological polar surface area (TPSA) is 123 Å². The third-order valence-corrected chi connectivity index (χ3v) is 6.82. The molecule has 0 radical (unpaired) electrons. The highest BCUT2D eigenvalue weighted by molar-refractivity contribution is 5.85. The predicted molar refractivity (Wildman–Crippen MR) is 149 cm³/mol. The number of nitrogens with one attached hydrogen (secondary N) is 1. The smallest absolute Gasteiger partial charge is 0.263 e. The van der Waals surface area contributed by atoms with Gasteiger partial charge < -0.3 is 48.3 Å². The van der Waals surface area contributed by atoms with Gasteiger partial charge in [0.2, 0.25) is 0 Å². The molecule has 0 saturated carbocycles. The Morgan fingerprint density at radius 2 is 1.20 bits per heavy atom. The summed E-state index contributed by atoms with van der Waals surface area (Å²) >= 11 is 0. The van der Waals surface area contributed by atoms with Crippen molar-refractivity contribution in [1.82, 2.24) is 5.32 Å². The van der Waals surface area contributed by atoms with Gasteiger partial charge in [0.1, 0.15) is 11.5 Å². The first-order chi connectivity index (χ1) is 19.3. The number of phenolic OH excluding ortho intramolecular Hbond substituents is 1. The van der Waals surface area contributed by atoms with Gasteiger partial charge in [0.25, 0.3) is 5.91 Å². The molecule has 230 valence electrons. The Balaban J connectivity index is 1.42. The highest BCUT2D eigenvalue weighted by Crippen LogP contribution is 2.43. The SMILES string of the molecule is COCCOCCOCCOCCOCCOCCOCCNC(=O)[C@@]1(C)CCc2c(C)c(O)c(C)c(C)c2O1. The zero-order valence-electron chi connectivity index (χ0n) is 24.9. The standard InChI is InChI=1S/C29H49NO10/c1-22-23(2)27-25(24(3)26(22)31)6-7-29(4,40-27)28(32)30-8-9-34-12-13-36-16-17-38-20-21-39-19-18-37-15-14-35-11-10-33-5/h31H,6-21H2,1-5H3,(H,30,32)/t29-/m1/s1. The summed E-state index contributed by atoms with van der Waals surface area (Å²) in [6.07, 6.45) is 1.21. The first-order valence-electron chi connectivity index (χ1n) is 14.1. The van der Waals surface area contributed by atoms with Crippen molar-refractivity contribution in [3.05, 3.63) is 22.3 Å². The van der Waals surface area contributed by atoms with Gasteiger partial charge in [-0.1, -0.05) is 0 Å². The van der Waals surface area contributed by atoms with Gasteiger partial charge in [-0.05, 0) is 50.8 Å². The molecular formula is C29H49NO10. The molecule has 0 aliphatic carbocycles. The maximum absolute atomic E-state index is 12.9. The van der Waals surface area contributed by atoms with Crippen LogP contribution in [-0.2, 0) is 44.4 Å². The van der Waals surface area contributed by atoms with Crippen LogP contribution in [0.1, 0.15) is 35.6 Å². The number of hydrogen-bond acceptors (Lipinski definition) is 10. The molecule has 0 aromatic heterocycles. The quantitative estimate of drug-likeness (QED) is 0.200. The summed E-state index contributed by atoms with van der Waals surface area (Å²) in [6, 6.07) is 0. The van der Waals surface area contributed by atoms with Gasteiger partial charge in [-0.3, -0.25) is 4.79 Å². The molecule has 1 aromatic rings. The van der Waals surface area contributed by atoms with Crippen LogP contribution in [0.15, 0.2) is 0 Å². The highest BCUT2D eigenvalue weighted by Gasteiger charge is 2.40. The van der Waals surface area contributed by atoms with E-state index in [2.05, 4.69) is 5.32 Å². The fourth-order valence-electron chi connectivity index (χ4n) is 4.18. The second kappa shape index (κ2) is 19.2. The van der Waals surface area contributed by atoms with Crippen LogP contribution in [0.2, 0.25) is 0 Å². The van der Waals surface area contributed by atoms with Gasteiger partial charge in [0.05, 0.1) is 85.9 Å². The molecule has 1 amide bonds. The number of benzene rings is 1. The van der Waals surface area contributed by atoms with Crippen molar-refractivity contribution in [2.75, 3.05) is 99.5 Å². The lowest BCUT2D eigenvalue weighted by Gasteiger charge is -2.36. The number of rotatable bonds is 22. The van der Waals surface area contributed by atoms with E-state index in [0.29, 0.717) is 117 Å². The number of hydrogen-bond donors (Lipinski definition) is 2. The summed E-state index contributed by atoms with van der Waals surface area (Å²) in [4.78, 5) is 12.9. The van der Waals surface area contributed by atoms with Gasteiger partial charge in [0, 0.05) is 25.6 Å². The van der Waals surface area contributed by atoms with E-state index in [1.807, 2.05) is 27.7 Å². The number of fused-ring (bicyclic) bond motifs is 1. The van der Waals surface area contributed by atoms with Crippen molar-refractivity contribution in [3.8, 4) is 11.5 Å². The van der Waals surface area contributed by atoms with Crippen LogP contribution in [0.25, 0.3) is 0 Å². The lowest BCUT2D eigenvalue weighted by atomic mass is 9.86. The maximum Gasteiger partial charge on any atom is 0.263 e. The van der Waals surface area contributed by atoms with Crippen molar-refractivity contribution >= 4 is 5.91 Å². The van der Waals surface area contributed by atoms with Crippen molar-refractivity contribution in [2.24, 2.45) is 0 Å². The van der Waals surface area contributed by atoms with E-state index in [1.165, 1.54) is 0 Å². The van der Waals surface area contributed by atoms with E-state index in [-0.39, 0.29) is 5.91 Å². The normalized spacial score (nSPS) is 16.5. The van der Waals surface area contributed by atoms with Gasteiger partial charge in [-0.25, -0.2) is 0 Å². The summed E-state index contributed by atoms with van der Waals surface area (Å²) in [5.41, 5.74) is 2.49. The van der Waals surface area contributed by atoms with E-state index in [1.54, 1.807) is 7.11 Å². The molecule has 11 nitrogen and oxygen atoms in total. The average Bonchev–Trinajstić information content (AvgIpc) is 2.95. The number of amides is 1. The lowest BCUT2D eigenvalue weighted by Crippen LogP contribution is -2.51. The van der Waals surface area contributed by atoms with E-state index in [0.717, 1.165) is 22.3 Å². The van der Waals surface area contributed by atoms with Gasteiger partial charge >= 0.3 is 0 Å². The number of phenols is 1. The molecule has 1 aromatic carbocycles. The molecule has 0 bridgehead atoms. The second-order valence-corrected chi connectivity index (χ2v) is 9.79. The van der Waals surface area contributed by atoms with Crippen LogP contribution in [0.5, 0.6) is 11.5 Å². The summed E-state index contributed by atoms with van der Waals surface area (Å²) in [6.45, 7) is 14.3. The highest BCUT2D eigenvalue weighted by atomic mass is 16.6. The van der Waals surface area contributed by atoms with Gasteiger partial charge in [0.15, 0.2) is 5.60 Å². The lowest BCUT2D eigenvalue weighted by molar-refractivity contribution is -0.137. The van der Waals surface area contributed by atoms with Crippen molar-refractivity contribution < 1.29 is 47.8 Å². The van der Waals surface area contributed by atoms with Crippen molar-refractivity contribution in [1.29, 1.82) is 0 Å². The van der Waals surface area contributed by atoms with E-state index in [9.17, 15) is 9.90 Å². The van der Waals surface area contributed by atoms with Crippen molar-refractivity contribution in [2.45, 2.75) is 46.1 Å². The first kappa shape index (κ1) is 34.2. The number of carbonyl (C=O) groups excluding carboxylic acids is 1. The van der Waals surface area contributed by atoms with Crippen LogP contribution in [0, 0.1) is 20.8 Å². The third kappa shape index (κ3) is 11.5. The molecule has 1 aliphatic rings. The molecule has 40 heavy (non-hydrogen) atoms. The molecule has 1 aliphatic heterocycles. The molecule has 11 heteroatoms. The van der Waals surface area contributed by atoms with Crippen LogP contribution < -0.4 is 10.1 Å². The van der Waals surface area contributed by atoms with Gasteiger partial charge in [-0.2, -0.15) is 0 Å². The number of aromatic hydroxyl groups is 1. The molecule has 0 unspecified atom stereocenters. The summed E-state index contributed by atoms with van der Waals surface area (Å²) in [7, 11) is 1.64.